The highest BCUT2D eigenvalue weighted by Crippen LogP contribution is 2.63. The highest BCUT2D eigenvalue weighted by atomic mass is 32.2. The Hall–Kier alpha value is -5.81. The average Bonchev–Trinajstić information content (AvgIpc) is 3.70. The van der Waals surface area contributed by atoms with Gasteiger partial charge in [-0.1, -0.05) is 139 Å². The van der Waals surface area contributed by atoms with E-state index in [9.17, 15) is 0 Å². The topological polar surface area (TPSA) is 25.8 Å². The Balaban J connectivity index is 1.21. The van der Waals surface area contributed by atoms with Crippen LogP contribution in [0, 0.1) is 0 Å². The quantitative estimate of drug-likeness (QED) is 0.185. The Bertz CT molecular complexity index is 2780. The third-order valence-electron chi connectivity index (χ3n) is 10.6. The molecule has 238 valence electrons. The lowest BCUT2D eigenvalue weighted by atomic mass is 9.67. The molecule has 51 heavy (non-hydrogen) atoms. The summed E-state index contributed by atoms with van der Waals surface area (Å²) in [6.07, 6.45) is 0. The van der Waals surface area contributed by atoms with Crippen LogP contribution in [0.4, 0.5) is 0 Å². The van der Waals surface area contributed by atoms with Gasteiger partial charge in [0.1, 0.15) is 0 Å². The second-order valence-electron chi connectivity index (χ2n) is 13.3. The third kappa shape index (κ3) is 4.24. The molecule has 1 unspecified atom stereocenters. The first kappa shape index (κ1) is 29.0. The van der Waals surface area contributed by atoms with Gasteiger partial charge in [-0.05, 0) is 75.8 Å². The Morgan fingerprint density at radius 1 is 0.392 bits per heavy atom. The van der Waals surface area contributed by atoms with E-state index >= 15 is 0 Å². The van der Waals surface area contributed by atoms with Crippen molar-refractivity contribution in [2.24, 2.45) is 0 Å². The highest BCUT2D eigenvalue weighted by Gasteiger charge is 2.50. The minimum absolute atomic E-state index is 0.492. The number of thiophene rings is 1. The average molecular weight is 685 g/mol. The molecule has 2 aliphatic rings. The van der Waals surface area contributed by atoms with Crippen LogP contribution in [0.3, 0.4) is 0 Å². The van der Waals surface area contributed by atoms with E-state index in [4.69, 9.17) is 9.97 Å². The number of hydrogen-bond acceptors (Lipinski definition) is 4. The zero-order chi connectivity index (χ0) is 33.5. The zero-order valence-corrected chi connectivity index (χ0v) is 29.0. The van der Waals surface area contributed by atoms with E-state index in [0.29, 0.717) is 0 Å². The maximum absolute atomic E-state index is 5.25. The summed E-state index contributed by atoms with van der Waals surface area (Å²) in [4.78, 5) is 12.9. The molecule has 4 heteroatoms. The van der Waals surface area contributed by atoms with Crippen LogP contribution in [0.1, 0.15) is 22.3 Å². The van der Waals surface area contributed by atoms with Gasteiger partial charge in [-0.15, -0.1) is 11.3 Å². The number of rotatable bonds is 3. The molecule has 1 spiro atoms. The van der Waals surface area contributed by atoms with Crippen LogP contribution in [0.25, 0.3) is 65.2 Å². The van der Waals surface area contributed by atoms with E-state index < -0.39 is 5.41 Å². The Labute approximate surface area is 304 Å². The maximum Gasteiger partial charge on any atom is 0.160 e. The van der Waals surface area contributed by atoms with Gasteiger partial charge in [-0.25, -0.2) is 9.97 Å². The van der Waals surface area contributed by atoms with Crippen LogP contribution in [-0.4, -0.2) is 9.97 Å². The SMILES string of the molecule is c1ccc(-c2cc(-c3ccc4c(c3)C3(c5ccccc5S4)c4ccccc4-c4cc5sc6ccccc6c5cc43)nc(-c3ccccc3)n2)cc1. The summed E-state index contributed by atoms with van der Waals surface area (Å²) in [5.74, 6) is 0.724. The van der Waals surface area contributed by atoms with Crippen molar-refractivity contribution in [3.63, 3.8) is 0 Å². The molecule has 0 bridgehead atoms. The van der Waals surface area contributed by atoms with Gasteiger partial charge in [0.25, 0.3) is 0 Å². The Kier molecular flexibility index (Phi) is 6.30. The first-order valence-corrected chi connectivity index (χ1v) is 18.9. The third-order valence-corrected chi connectivity index (χ3v) is 12.8. The van der Waals surface area contributed by atoms with Crippen LogP contribution in [0.15, 0.2) is 180 Å². The minimum atomic E-state index is -0.492. The van der Waals surface area contributed by atoms with Gasteiger partial charge in [0.15, 0.2) is 5.82 Å². The minimum Gasteiger partial charge on any atom is -0.228 e. The van der Waals surface area contributed by atoms with Crippen molar-refractivity contribution in [2.45, 2.75) is 15.2 Å². The lowest BCUT2D eigenvalue weighted by Crippen LogP contribution is -2.32. The first-order valence-electron chi connectivity index (χ1n) is 17.2. The summed E-state index contributed by atoms with van der Waals surface area (Å²) in [7, 11) is 0. The molecule has 0 saturated carbocycles. The predicted molar refractivity (Wildman–Crippen MR) is 213 cm³/mol. The number of fused-ring (bicyclic) bond motifs is 12. The fourth-order valence-electron chi connectivity index (χ4n) is 8.34. The molecule has 11 rings (SSSR count). The monoisotopic (exact) mass is 684 g/mol. The first-order chi connectivity index (χ1) is 25.3. The van der Waals surface area contributed by atoms with E-state index in [0.717, 1.165) is 33.9 Å². The normalized spacial score (nSPS) is 15.5. The van der Waals surface area contributed by atoms with Crippen LogP contribution < -0.4 is 0 Å². The van der Waals surface area contributed by atoms with Crippen molar-refractivity contribution < 1.29 is 0 Å². The van der Waals surface area contributed by atoms with E-state index in [2.05, 4.69) is 146 Å². The Morgan fingerprint density at radius 3 is 1.90 bits per heavy atom. The summed E-state index contributed by atoms with van der Waals surface area (Å²) in [6.45, 7) is 0. The van der Waals surface area contributed by atoms with Crippen molar-refractivity contribution in [3.8, 4) is 45.0 Å². The lowest BCUT2D eigenvalue weighted by molar-refractivity contribution is 0.723. The van der Waals surface area contributed by atoms with Gasteiger partial charge in [-0.3, -0.25) is 0 Å². The van der Waals surface area contributed by atoms with Crippen LogP contribution >= 0.6 is 23.1 Å². The number of benzene rings is 7. The second-order valence-corrected chi connectivity index (χ2v) is 15.5. The standard InChI is InChI=1S/C47H28N2S2/c1-3-13-29(14-4-1)40-28-41(49-46(48-40)30-15-5-2-6-16-30)31-23-24-44-39(25-31)47(37-20-10-12-22-43(37)51-44)36-19-9-7-17-32(36)34-27-45-35(26-38(34)47)33-18-8-11-21-42(33)50-45/h1-28H. The largest absolute Gasteiger partial charge is 0.228 e. The van der Waals surface area contributed by atoms with Gasteiger partial charge >= 0.3 is 0 Å². The molecule has 0 saturated heterocycles. The summed E-state index contributed by atoms with van der Waals surface area (Å²) in [5.41, 5.74) is 12.4. The van der Waals surface area contributed by atoms with Crippen molar-refractivity contribution >= 4 is 43.3 Å². The van der Waals surface area contributed by atoms with E-state index in [1.54, 1.807) is 0 Å². The molecule has 1 atom stereocenters. The molecule has 7 aromatic carbocycles. The Morgan fingerprint density at radius 2 is 1.06 bits per heavy atom. The van der Waals surface area contributed by atoms with Crippen molar-refractivity contribution in [3.05, 3.63) is 192 Å². The predicted octanol–water partition coefficient (Wildman–Crippen LogP) is 12.7. The van der Waals surface area contributed by atoms with Gasteiger partial charge < -0.3 is 0 Å². The molecule has 0 radical (unpaired) electrons. The number of aromatic nitrogens is 2. The maximum atomic E-state index is 5.25. The second kappa shape index (κ2) is 11.1. The highest BCUT2D eigenvalue weighted by molar-refractivity contribution is 7.99. The van der Waals surface area contributed by atoms with Gasteiger partial charge in [0.05, 0.1) is 16.8 Å². The fraction of sp³-hybridized carbons (Fsp3) is 0.0213. The summed E-state index contributed by atoms with van der Waals surface area (Å²) in [6, 6.07) is 61.8. The van der Waals surface area contributed by atoms with E-state index in [1.807, 2.05) is 47.4 Å². The summed E-state index contributed by atoms with van der Waals surface area (Å²) >= 11 is 3.76. The zero-order valence-electron chi connectivity index (χ0n) is 27.4. The van der Waals surface area contributed by atoms with Crippen LogP contribution in [0.2, 0.25) is 0 Å². The van der Waals surface area contributed by atoms with Crippen LogP contribution in [0.5, 0.6) is 0 Å². The molecule has 0 amide bonds. The van der Waals surface area contributed by atoms with Gasteiger partial charge in [0.2, 0.25) is 0 Å². The molecular formula is C47H28N2S2. The smallest absolute Gasteiger partial charge is 0.160 e. The van der Waals surface area contributed by atoms with Gasteiger partial charge in [0, 0.05) is 46.7 Å². The summed E-state index contributed by atoms with van der Waals surface area (Å²) in [5, 5.41) is 2.65. The van der Waals surface area contributed by atoms with Crippen molar-refractivity contribution in [1.82, 2.24) is 9.97 Å². The lowest BCUT2D eigenvalue weighted by Gasteiger charge is -2.40. The number of nitrogens with zero attached hydrogens (tertiary/aromatic N) is 2. The van der Waals surface area contributed by atoms with Gasteiger partial charge in [-0.2, -0.15) is 0 Å². The molecular weight excluding hydrogens is 657 g/mol. The molecule has 2 aromatic heterocycles. The molecule has 2 nitrogen and oxygen atoms in total. The molecule has 0 N–H and O–H groups in total. The number of hydrogen-bond donors (Lipinski definition) is 0. The van der Waals surface area contributed by atoms with Crippen LogP contribution in [-0.2, 0) is 5.41 Å². The summed E-state index contributed by atoms with van der Waals surface area (Å²) < 4.78 is 2.66. The molecule has 9 aromatic rings. The van der Waals surface area contributed by atoms with Crippen molar-refractivity contribution in [1.29, 1.82) is 0 Å². The molecule has 0 fully saturated rings. The molecule has 1 aliphatic carbocycles. The van der Waals surface area contributed by atoms with E-state index in [-0.39, 0.29) is 0 Å². The molecule has 1 aliphatic heterocycles. The molecule has 3 heterocycles. The van der Waals surface area contributed by atoms with E-state index in [1.165, 1.54) is 63.3 Å². The fourth-order valence-corrected chi connectivity index (χ4v) is 10.6. The van der Waals surface area contributed by atoms with Crippen molar-refractivity contribution in [2.75, 3.05) is 0 Å².